The zero-order chi connectivity index (χ0) is 10.4. The molecule has 1 atom stereocenters. The minimum Gasteiger partial charge on any atom is -0.322 e. The summed E-state index contributed by atoms with van der Waals surface area (Å²) in [6.07, 6.45) is 5.27. The van der Waals surface area contributed by atoms with Crippen molar-refractivity contribution in [1.29, 1.82) is 0 Å². The van der Waals surface area contributed by atoms with Crippen LogP contribution in [0.15, 0.2) is 17.5 Å². The van der Waals surface area contributed by atoms with Crippen molar-refractivity contribution < 1.29 is 0 Å². The number of thiophene rings is 1. The van der Waals surface area contributed by atoms with Gasteiger partial charge in [0.2, 0.25) is 0 Å². The molecule has 0 saturated carbocycles. The van der Waals surface area contributed by atoms with Crippen LogP contribution in [0, 0.1) is 12.3 Å². The molecule has 0 saturated heterocycles. The van der Waals surface area contributed by atoms with Crippen molar-refractivity contribution in [2.45, 2.75) is 13.0 Å². The van der Waals surface area contributed by atoms with Crippen LogP contribution < -0.4 is 5.73 Å². The van der Waals surface area contributed by atoms with Gasteiger partial charge in [-0.05, 0) is 18.0 Å². The van der Waals surface area contributed by atoms with Gasteiger partial charge in [-0.15, -0.1) is 17.8 Å². The lowest BCUT2D eigenvalue weighted by molar-refractivity contribution is 0.304. The van der Waals surface area contributed by atoms with Crippen molar-refractivity contribution in [3.05, 3.63) is 22.4 Å². The zero-order valence-corrected chi connectivity index (χ0v) is 9.26. The maximum absolute atomic E-state index is 6.05. The molecule has 0 spiro atoms. The standard InChI is InChI=1S/C11H16N2S/c1-3-7-13(4-2)9-10(12)11-6-5-8-14-11/h1,5-6,8,10H,4,7,9,12H2,2H3. The van der Waals surface area contributed by atoms with E-state index in [0.29, 0.717) is 6.54 Å². The SMILES string of the molecule is C#CCN(CC)CC(N)c1cccs1. The Balaban J connectivity index is 2.47. The predicted molar refractivity (Wildman–Crippen MR) is 62.2 cm³/mol. The van der Waals surface area contributed by atoms with Crippen molar-refractivity contribution in [3.63, 3.8) is 0 Å². The summed E-state index contributed by atoms with van der Waals surface area (Å²) in [6.45, 7) is 4.55. The molecule has 3 heteroatoms. The van der Waals surface area contributed by atoms with E-state index in [1.807, 2.05) is 11.4 Å². The second kappa shape index (κ2) is 5.82. The highest BCUT2D eigenvalue weighted by Gasteiger charge is 2.10. The van der Waals surface area contributed by atoms with Crippen LogP contribution in [-0.2, 0) is 0 Å². The van der Waals surface area contributed by atoms with E-state index < -0.39 is 0 Å². The minimum atomic E-state index is 0.0864. The summed E-state index contributed by atoms with van der Waals surface area (Å²) in [5.74, 6) is 2.64. The Hall–Kier alpha value is -0.820. The highest BCUT2D eigenvalue weighted by molar-refractivity contribution is 7.10. The van der Waals surface area contributed by atoms with Crippen LogP contribution in [0.3, 0.4) is 0 Å². The Morgan fingerprint density at radius 1 is 1.71 bits per heavy atom. The predicted octanol–water partition coefficient (Wildman–Crippen LogP) is 1.70. The van der Waals surface area contributed by atoms with Crippen LogP contribution in [0.4, 0.5) is 0 Å². The summed E-state index contributed by atoms with van der Waals surface area (Å²) in [4.78, 5) is 3.39. The largest absolute Gasteiger partial charge is 0.322 e. The fourth-order valence-electron chi connectivity index (χ4n) is 1.30. The van der Waals surface area contributed by atoms with Gasteiger partial charge in [-0.3, -0.25) is 4.90 Å². The van der Waals surface area contributed by atoms with Crippen LogP contribution in [0.5, 0.6) is 0 Å². The molecule has 0 aliphatic carbocycles. The molecule has 14 heavy (non-hydrogen) atoms. The Labute approximate surface area is 89.7 Å². The highest BCUT2D eigenvalue weighted by atomic mass is 32.1. The van der Waals surface area contributed by atoms with E-state index >= 15 is 0 Å². The number of rotatable bonds is 5. The van der Waals surface area contributed by atoms with Crippen molar-refractivity contribution in [2.75, 3.05) is 19.6 Å². The lowest BCUT2D eigenvalue weighted by Crippen LogP contribution is -2.32. The van der Waals surface area contributed by atoms with Gasteiger partial charge in [-0.1, -0.05) is 18.9 Å². The molecule has 1 aromatic heterocycles. The lowest BCUT2D eigenvalue weighted by Gasteiger charge is -2.21. The average molecular weight is 208 g/mol. The highest BCUT2D eigenvalue weighted by Crippen LogP contribution is 2.17. The smallest absolute Gasteiger partial charge is 0.0599 e. The van der Waals surface area contributed by atoms with Gasteiger partial charge < -0.3 is 5.73 Å². The lowest BCUT2D eigenvalue weighted by atomic mass is 10.2. The second-order valence-corrected chi connectivity index (χ2v) is 4.13. The first kappa shape index (κ1) is 11.3. The molecule has 0 bridgehead atoms. The monoisotopic (exact) mass is 208 g/mol. The Kier molecular flexibility index (Phi) is 4.68. The van der Waals surface area contributed by atoms with Gasteiger partial charge in [0.15, 0.2) is 0 Å². The van der Waals surface area contributed by atoms with E-state index in [0.717, 1.165) is 13.1 Å². The molecule has 0 fully saturated rings. The Morgan fingerprint density at radius 3 is 3.00 bits per heavy atom. The average Bonchev–Trinajstić information content (AvgIpc) is 2.69. The summed E-state index contributed by atoms with van der Waals surface area (Å²) >= 11 is 1.70. The molecule has 76 valence electrons. The third-order valence-corrected chi connectivity index (χ3v) is 3.13. The van der Waals surface area contributed by atoms with Crippen LogP contribution in [0.2, 0.25) is 0 Å². The van der Waals surface area contributed by atoms with Crippen LogP contribution in [-0.4, -0.2) is 24.5 Å². The fourth-order valence-corrected chi connectivity index (χ4v) is 2.03. The maximum Gasteiger partial charge on any atom is 0.0599 e. The molecule has 2 nitrogen and oxygen atoms in total. The Bertz CT molecular complexity index is 287. The van der Waals surface area contributed by atoms with E-state index in [9.17, 15) is 0 Å². The van der Waals surface area contributed by atoms with Crippen molar-refractivity contribution >= 4 is 11.3 Å². The van der Waals surface area contributed by atoms with E-state index in [2.05, 4.69) is 23.8 Å². The molecule has 1 unspecified atom stereocenters. The Morgan fingerprint density at radius 2 is 2.50 bits per heavy atom. The first-order chi connectivity index (χ1) is 6.77. The van der Waals surface area contributed by atoms with Crippen LogP contribution >= 0.6 is 11.3 Å². The molecule has 1 aromatic rings. The minimum absolute atomic E-state index is 0.0864. The van der Waals surface area contributed by atoms with Gasteiger partial charge in [0.05, 0.1) is 12.6 Å². The topological polar surface area (TPSA) is 29.3 Å². The zero-order valence-electron chi connectivity index (χ0n) is 8.44. The number of hydrogen-bond acceptors (Lipinski definition) is 3. The summed E-state index contributed by atoms with van der Waals surface area (Å²) in [5, 5.41) is 2.05. The molecule has 0 radical (unpaired) electrons. The van der Waals surface area contributed by atoms with Gasteiger partial charge in [-0.25, -0.2) is 0 Å². The first-order valence-corrected chi connectivity index (χ1v) is 5.60. The van der Waals surface area contributed by atoms with Gasteiger partial charge >= 0.3 is 0 Å². The third-order valence-electron chi connectivity index (χ3n) is 2.13. The summed E-state index contributed by atoms with van der Waals surface area (Å²) < 4.78 is 0. The third kappa shape index (κ3) is 3.15. The van der Waals surface area contributed by atoms with Gasteiger partial charge in [0.1, 0.15) is 0 Å². The number of nitrogens with two attached hydrogens (primary N) is 1. The molecule has 1 heterocycles. The molecule has 0 aromatic carbocycles. The number of likely N-dealkylation sites (N-methyl/N-ethyl adjacent to an activating group) is 1. The molecule has 2 N–H and O–H groups in total. The maximum atomic E-state index is 6.05. The van der Waals surface area contributed by atoms with Crippen LogP contribution in [0.1, 0.15) is 17.8 Å². The number of hydrogen-bond donors (Lipinski definition) is 1. The molecule has 0 amide bonds. The van der Waals surface area contributed by atoms with Crippen LogP contribution in [0.25, 0.3) is 0 Å². The van der Waals surface area contributed by atoms with Gasteiger partial charge in [0, 0.05) is 11.4 Å². The molecular formula is C11H16N2S. The molecule has 0 aliphatic rings. The normalized spacial score (nSPS) is 12.7. The molecule has 0 aliphatic heterocycles. The van der Waals surface area contributed by atoms with Crippen molar-refractivity contribution in [2.24, 2.45) is 5.73 Å². The van der Waals surface area contributed by atoms with E-state index in [-0.39, 0.29) is 6.04 Å². The first-order valence-electron chi connectivity index (χ1n) is 4.72. The van der Waals surface area contributed by atoms with E-state index in [1.165, 1.54) is 4.88 Å². The molecular weight excluding hydrogens is 192 g/mol. The number of nitrogens with zero attached hydrogens (tertiary/aromatic N) is 1. The van der Waals surface area contributed by atoms with E-state index in [4.69, 9.17) is 12.2 Å². The molecule has 1 rings (SSSR count). The van der Waals surface area contributed by atoms with Gasteiger partial charge in [0.25, 0.3) is 0 Å². The summed E-state index contributed by atoms with van der Waals surface area (Å²) in [7, 11) is 0. The van der Waals surface area contributed by atoms with Gasteiger partial charge in [-0.2, -0.15) is 0 Å². The van der Waals surface area contributed by atoms with E-state index in [1.54, 1.807) is 11.3 Å². The van der Waals surface area contributed by atoms with Crippen molar-refractivity contribution in [3.8, 4) is 12.3 Å². The fraction of sp³-hybridized carbons (Fsp3) is 0.455. The quantitative estimate of drug-likeness (QED) is 0.746. The van der Waals surface area contributed by atoms with Crippen molar-refractivity contribution in [1.82, 2.24) is 4.90 Å². The second-order valence-electron chi connectivity index (χ2n) is 3.15. The summed E-state index contributed by atoms with van der Waals surface area (Å²) in [5.41, 5.74) is 6.05. The number of terminal acetylenes is 1. The summed E-state index contributed by atoms with van der Waals surface area (Å²) in [6, 6.07) is 4.18.